The quantitative estimate of drug-likeness (QED) is 0.822. The highest BCUT2D eigenvalue weighted by Crippen LogP contribution is 2.22. The van der Waals surface area contributed by atoms with Crippen LogP contribution in [0.4, 0.5) is 10.5 Å². The van der Waals surface area contributed by atoms with Crippen molar-refractivity contribution in [2.45, 2.75) is 0 Å². The van der Waals surface area contributed by atoms with Crippen LogP contribution in [0.3, 0.4) is 0 Å². The Morgan fingerprint density at radius 2 is 1.85 bits per heavy atom. The van der Waals surface area contributed by atoms with E-state index in [-0.39, 0.29) is 6.61 Å². The largest absolute Gasteiger partial charge is 0.456 e. The molecule has 0 aliphatic carbocycles. The number of benzene rings is 2. The van der Waals surface area contributed by atoms with Crippen LogP contribution in [0.1, 0.15) is 0 Å². The van der Waals surface area contributed by atoms with Gasteiger partial charge in [-0.05, 0) is 11.5 Å². The monoisotopic (exact) mass is 268 g/mol. The van der Waals surface area contributed by atoms with E-state index < -0.39 is 12.0 Å². The van der Waals surface area contributed by atoms with Gasteiger partial charge in [0, 0.05) is 11.5 Å². The number of cyclic esters (lactones) is 1. The third kappa shape index (κ3) is 2.47. The van der Waals surface area contributed by atoms with Crippen molar-refractivity contribution in [2.24, 2.45) is 0 Å². The lowest BCUT2D eigenvalue weighted by Gasteiger charge is -2.09. The second kappa shape index (κ2) is 5.05. The number of carbonyl (C=O) groups excluding carboxylic acids is 2. The number of urea groups is 1. The molecule has 2 N–H and O–H groups in total. The Labute approximate surface area is 115 Å². The first-order chi connectivity index (χ1) is 9.72. The van der Waals surface area contributed by atoms with Crippen molar-refractivity contribution in [1.82, 2.24) is 5.32 Å². The Bertz CT molecular complexity index is 717. The van der Waals surface area contributed by atoms with Crippen molar-refractivity contribution in [3.8, 4) is 0 Å². The lowest BCUT2D eigenvalue weighted by Crippen LogP contribution is -2.28. The molecule has 1 heterocycles. The molecule has 0 radical (unpaired) electrons. The van der Waals surface area contributed by atoms with Crippen LogP contribution >= 0.6 is 0 Å². The molecule has 2 aromatic carbocycles. The maximum absolute atomic E-state index is 11.9. The van der Waals surface area contributed by atoms with Gasteiger partial charge in [-0.25, -0.2) is 9.59 Å². The number of anilines is 1. The molecular formula is C15H12N2O3. The minimum Gasteiger partial charge on any atom is -0.456 e. The number of nitrogens with one attached hydrogen (secondary N) is 2. The Morgan fingerprint density at radius 1 is 1.05 bits per heavy atom. The van der Waals surface area contributed by atoms with Gasteiger partial charge in [0.05, 0.1) is 11.4 Å². The van der Waals surface area contributed by atoms with Gasteiger partial charge in [-0.3, -0.25) is 0 Å². The number of fused-ring (bicyclic) bond motifs is 1. The smallest absolute Gasteiger partial charge is 0.333 e. The Kier molecular flexibility index (Phi) is 3.09. The van der Waals surface area contributed by atoms with E-state index in [0.717, 1.165) is 10.8 Å². The van der Waals surface area contributed by atoms with Crippen molar-refractivity contribution < 1.29 is 14.3 Å². The molecule has 0 saturated carbocycles. The Hall–Kier alpha value is -2.82. The van der Waals surface area contributed by atoms with Crippen molar-refractivity contribution in [3.63, 3.8) is 0 Å². The summed E-state index contributed by atoms with van der Waals surface area (Å²) < 4.78 is 4.71. The van der Waals surface area contributed by atoms with Crippen LogP contribution in [-0.2, 0) is 9.53 Å². The number of hydrogen-bond acceptors (Lipinski definition) is 3. The molecule has 100 valence electrons. The highest BCUT2D eigenvalue weighted by atomic mass is 16.5. The molecule has 1 aliphatic heterocycles. The third-order valence-electron chi connectivity index (χ3n) is 2.97. The highest BCUT2D eigenvalue weighted by molar-refractivity contribution is 6.02. The van der Waals surface area contributed by atoms with Gasteiger partial charge in [0.1, 0.15) is 6.61 Å². The fraction of sp³-hybridized carbons (Fsp3) is 0.0667. The minimum atomic E-state index is -0.439. The standard InChI is InChI=1S/C15H12N2O3/c18-14-8-11(9-20-14)16-15(19)17-13-7-3-5-10-4-1-2-6-12(10)13/h1-8H,9H2,(H2,16,17,19). The predicted molar refractivity (Wildman–Crippen MR) is 75.1 cm³/mol. The van der Waals surface area contributed by atoms with Crippen LogP contribution in [0.5, 0.6) is 0 Å². The van der Waals surface area contributed by atoms with Crippen LogP contribution in [0.25, 0.3) is 10.8 Å². The first-order valence-corrected chi connectivity index (χ1v) is 6.15. The second-order valence-corrected chi connectivity index (χ2v) is 4.38. The Morgan fingerprint density at radius 3 is 2.65 bits per heavy atom. The van der Waals surface area contributed by atoms with Crippen molar-refractivity contribution in [2.75, 3.05) is 11.9 Å². The normalized spacial score (nSPS) is 13.8. The van der Waals surface area contributed by atoms with Gasteiger partial charge in [0.2, 0.25) is 0 Å². The molecule has 2 aromatic rings. The molecule has 1 aliphatic rings. The third-order valence-corrected chi connectivity index (χ3v) is 2.97. The van der Waals surface area contributed by atoms with Crippen LogP contribution in [0, 0.1) is 0 Å². The number of esters is 1. The zero-order valence-corrected chi connectivity index (χ0v) is 10.6. The van der Waals surface area contributed by atoms with Crippen molar-refractivity contribution in [1.29, 1.82) is 0 Å². The molecular weight excluding hydrogens is 256 g/mol. The van der Waals surface area contributed by atoms with Gasteiger partial charge >= 0.3 is 12.0 Å². The molecule has 0 saturated heterocycles. The van der Waals surface area contributed by atoms with Crippen LogP contribution in [0.15, 0.2) is 54.2 Å². The average Bonchev–Trinajstić information content (AvgIpc) is 2.84. The highest BCUT2D eigenvalue weighted by Gasteiger charge is 2.15. The summed E-state index contributed by atoms with van der Waals surface area (Å²) in [5, 5.41) is 7.36. The second-order valence-electron chi connectivity index (χ2n) is 4.38. The van der Waals surface area contributed by atoms with Gasteiger partial charge in [-0.1, -0.05) is 36.4 Å². The number of rotatable bonds is 2. The van der Waals surface area contributed by atoms with E-state index in [1.807, 2.05) is 42.5 Å². The van der Waals surface area contributed by atoms with E-state index in [1.165, 1.54) is 6.08 Å². The van der Waals surface area contributed by atoms with Crippen LogP contribution in [-0.4, -0.2) is 18.6 Å². The molecule has 2 amide bonds. The van der Waals surface area contributed by atoms with Gasteiger partial charge in [-0.2, -0.15) is 0 Å². The molecule has 5 heteroatoms. The predicted octanol–water partition coefficient (Wildman–Crippen LogP) is 2.40. The molecule has 0 bridgehead atoms. The summed E-state index contributed by atoms with van der Waals surface area (Å²) in [4.78, 5) is 22.8. The summed E-state index contributed by atoms with van der Waals surface area (Å²) in [5.74, 6) is -0.439. The summed E-state index contributed by atoms with van der Waals surface area (Å²) >= 11 is 0. The number of carbonyl (C=O) groups is 2. The van der Waals surface area contributed by atoms with Crippen molar-refractivity contribution >= 4 is 28.5 Å². The lowest BCUT2D eigenvalue weighted by atomic mass is 10.1. The fourth-order valence-corrected chi connectivity index (χ4v) is 2.08. The molecule has 0 spiro atoms. The molecule has 3 rings (SSSR count). The molecule has 20 heavy (non-hydrogen) atoms. The zero-order chi connectivity index (χ0) is 13.9. The number of hydrogen-bond donors (Lipinski definition) is 2. The van der Waals surface area contributed by atoms with E-state index in [4.69, 9.17) is 4.74 Å². The van der Waals surface area contributed by atoms with E-state index in [1.54, 1.807) is 0 Å². The number of amides is 2. The van der Waals surface area contributed by atoms with E-state index in [9.17, 15) is 9.59 Å². The van der Waals surface area contributed by atoms with Gasteiger partial charge in [-0.15, -0.1) is 0 Å². The van der Waals surface area contributed by atoms with Gasteiger partial charge < -0.3 is 15.4 Å². The fourth-order valence-electron chi connectivity index (χ4n) is 2.08. The van der Waals surface area contributed by atoms with Crippen molar-refractivity contribution in [3.05, 3.63) is 54.2 Å². The van der Waals surface area contributed by atoms with E-state index in [0.29, 0.717) is 11.4 Å². The summed E-state index contributed by atoms with van der Waals surface area (Å²) in [7, 11) is 0. The van der Waals surface area contributed by atoms with E-state index in [2.05, 4.69) is 10.6 Å². The SMILES string of the molecule is O=C(NC1=CC(=O)OC1)Nc1cccc2ccccc12. The summed E-state index contributed by atoms with van der Waals surface area (Å²) in [6.45, 7) is 0.0990. The number of ether oxygens (including phenoxy) is 1. The van der Waals surface area contributed by atoms with Crippen LogP contribution < -0.4 is 10.6 Å². The Balaban J connectivity index is 1.78. The first kappa shape index (κ1) is 12.2. The lowest BCUT2D eigenvalue weighted by molar-refractivity contribution is -0.134. The molecule has 0 aromatic heterocycles. The summed E-state index contributed by atoms with van der Waals surface area (Å²) in [6.07, 6.45) is 1.27. The van der Waals surface area contributed by atoms with Crippen LogP contribution in [0.2, 0.25) is 0 Å². The topological polar surface area (TPSA) is 67.4 Å². The van der Waals surface area contributed by atoms with Gasteiger partial charge in [0.15, 0.2) is 0 Å². The maximum atomic E-state index is 11.9. The first-order valence-electron chi connectivity index (χ1n) is 6.15. The molecule has 5 nitrogen and oxygen atoms in total. The molecule has 0 unspecified atom stereocenters. The van der Waals surface area contributed by atoms with E-state index >= 15 is 0 Å². The average molecular weight is 268 g/mol. The molecule has 0 atom stereocenters. The van der Waals surface area contributed by atoms with Gasteiger partial charge in [0.25, 0.3) is 0 Å². The summed E-state index contributed by atoms with van der Waals surface area (Å²) in [5.41, 5.74) is 1.17. The summed E-state index contributed by atoms with van der Waals surface area (Å²) in [6, 6.07) is 13.1. The molecule has 0 fully saturated rings. The maximum Gasteiger partial charge on any atom is 0.333 e. The minimum absolute atomic E-state index is 0.0990. The zero-order valence-electron chi connectivity index (χ0n) is 10.6.